The third kappa shape index (κ3) is 13.3. The fraction of sp³-hybridized carbons (Fsp3) is 0.595. The molecule has 6 aliphatic rings. The molecule has 4 saturated heterocycles. The maximum atomic E-state index is 13.2. The smallest absolute Gasteiger partial charge is 0.363 e. The van der Waals surface area contributed by atoms with Gasteiger partial charge in [-0.05, 0) is 45.2 Å². The second-order valence-corrected chi connectivity index (χ2v) is 21.9. The van der Waals surface area contributed by atoms with E-state index in [1.165, 1.54) is 34.9 Å². The van der Waals surface area contributed by atoms with Crippen LogP contribution in [0.5, 0.6) is 0 Å². The van der Waals surface area contributed by atoms with Crippen LogP contribution >= 0.6 is 23.5 Å². The minimum atomic E-state index is -3.85. The summed E-state index contributed by atoms with van der Waals surface area (Å²) in [5.74, 6) is -7.46. The van der Waals surface area contributed by atoms with Gasteiger partial charge in [0.15, 0.2) is 5.60 Å². The average molecular weight is 1050 g/mol. The summed E-state index contributed by atoms with van der Waals surface area (Å²) in [5, 5.41) is 67.1. The molecule has 0 saturated carbocycles. The van der Waals surface area contributed by atoms with Crippen molar-refractivity contribution >= 4 is 81.1 Å². The van der Waals surface area contributed by atoms with Gasteiger partial charge in [0.1, 0.15) is 5.70 Å². The van der Waals surface area contributed by atoms with Gasteiger partial charge >= 0.3 is 29.8 Å². The maximum Gasteiger partial charge on any atom is 0.363 e. The Labute approximate surface area is 410 Å². The molecule has 6 heterocycles. The summed E-state index contributed by atoms with van der Waals surface area (Å²) in [5.41, 5.74) is -3.13. The van der Waals surface area contributed by atoms with Crippen LogP contribution in [0.4, 0.5) is 5.69 Å². The van der Waals surface area contributed by atoms with Crippen molar-refractivity contribution < 1.29 is 82.6 Å². The van der Waals surface area contributed by atoms with Gasteiger partial charge in [-0.25, -0.2) is 24.2 Å². The molecule has 388 valence electrons. The maximum absolute atomic E-state index is 13.2. The molecule has 2 amide bonds. The standard InChI is InChI=1S/C22H27N5O9S2.C14H22N2OS.C6H8O7.H2O/c1-10-17-16(11(2)28)20(29)26(17)18(19(10)37-15-7-13(24-9-15)8-25-38(23,34)35)22(31)36-21(30)12-3-5-14(6-4-12)27(32)33;1-4-11-13-9(3)12(7-16(13)14(11)17)18-10-5-8(2)15-6-10;7-3(8)1-6(13,5(11)12)2-4(9)10;/h3-6,10-11,13,15-17,24-25,28H,7-9H2,1-2H3,(H2,23,34,35);7-11,13,15H,4-6H2,1-3H3;13H,1-2H2,(H,7,8)(H,9,10)(H,11,12);1H2/t10-,11-,13+,15+,16-,17-;8-,9+,10+,11-,13-;;/m11../s1. The molecule has 0 radical (unpaired) electrons. The van der Waals surface area contributed by atoms with E-state index in [1.54, 1.807) is 0 Å². The number of fused-ring (bicyclic) bond motifs is 2. The molecule has 70 heavy (non-hydrogen) atoms. The van der Waals surface area contributed by atoms with Gasteiger partial charge in [-0.2, -0.15) is 8.42 Å². The fourth-order valence-corrected chi connectivity index (χ4v) is 12.6. The van der Waals surface area contributed by atoms with Crippen LogP contribution in [0.15, 0.2) is 46.0 Å². The topological polar surface area (TPSA) is 407 Å². The zero-order valence-corrected chi connectivity index (χ0v) is 41.1. The number of rotatable bonds is 17. The molecule has 4 fully saturated rings. The van der Waals surface area contributed by atoms with Crippen molar-refractivity contribution in [3.05, 3.63) is 61.7 Å². The molecule has 25 nitrogen and oxygen atoms in total. The highest BCUT2D eigenvalue weighted by Crippen LogP contribution is 2.52. The van der Waals surface area contributed by atoms with Crippen LogP contribution in [-0.2, 0) is 43.7 Å². The number of carboxylic acid groups (broad SMARTS) is 3. The number of aliphatic hydroxyl groups is 2. The minimum absolute atomic E-state index is 0. The molecule has 6 aliphatic heterocycles. The van der Waals surface area contributed by atoms with E-state index in [9.17, 15) is 57.2 Å². The first kappa shape index (κ1) is 57.5. The summed E-state index contributed by atoms with van der Waals surface area (Å²) in [4.78, 5) is 96.6. The van der Waals surface area contributed by atoms with E-state index in [0.29, 0.717) is 47.0 Å². The van der Waals surface area contributed by atoms with Crippen molar-refractivity contribution in [1.82, 2.24) is 25.2 Å². The highest BCUT2D eigenvalue weighted by atomic mass is 32.2. The van der Waals surface area contributed by atoms with Gasteiger partial charge in [0.25, 0.3) is 15.9 Å². The number of carbonyl (C=O) groups excluding carboxylic acids is 4. The van der Waals surface area contributed by atoms with E-state index in [-0.39, 0.29) is 52.1 Å². The molecule has 0 spiro atoms. The summed E-state index contributed by atoms with van der Waals surface area (Å²) in [7, 11) is -3.85. The number of β-lactam (4-membered cyclic amide) rings is 2. The van der Waals surface area contributed by atoms with Crippen LogP contribution in [0, 0.1) is 33.8 Å². The summed E-state index contributed by atoms with van der Waals surface area (Å²) >= 11 is 3.33. The van der Waals surface area contributed by atoms with E-state index >= 15 is 0 Å². The first-order valence-electron chi connectivity index (χ1n) is 21.9. The third-order valence-corrected chi connectivity index (χ3v) is 16.2. The molecule has 0 bridgehead atoms. The number of hydrogen-bond donors (Lipinski definition) is 9. The summed E-state index contributed by atoms with van der Waals surface area (Å²) in [6, 6.07) is 4.94. The number of nitrogens with two attached hydrogens (primary N) is 1. The van der Waals surface area contributed by atoms with E-state index in [2.05, 4.69) is 42.3 Å². The Kier molecular flexibility index (Phi) is 19.3. The lowest BCUT2D eigenvalue weighted by Crippen LogP contribution is -2.63. The molecular weight excluding hydrogens is 987 g/mol. The Bertz CT molecular complexity index is 2370. The zero-order chi connectivity index (χ0) is 51.4. The van der Waals surface area contributed by atoms with E-state index in [4.69, 9.17) is 30.3 Å². The monoisotopic (exact) mass is 1050 g/mol. The van der Waals surface area contributed by atoms with Crippen molar-refractivity contribution in [2.75, 3.05) is 19.6 Å². The lowest BCUT2D eigenvalue weighted by molar-refractivity contribution is -0.384. The number of nitro benzene ring substituents is 1. The fourth-order valence-electron chi connectivity index (χ4n) is 9.21. The average Bonchev–Trinajstić information content (AvgIpc) is 4.01. The molecule has 0 aromatic heterocycles. The number of nitro groups is 1. The number of aliphatic carboxylic acids is 3. The van der Waals surface area contributed by atoms with E-state index in [1.807, 2.05) is 23.6 Å². The van der Waals surface area contributed by atoms with Crippen molar-refractivity contribution in [3.63, 3.8) is 0 Å². The SMILES string of the molecule is CC[C@H]1C(=O)N2C=C(S[C@@H]3CN[C@H](C)C3)[C@H](C)[C@H]12.C[C@@H](O)[C@H]1C(=O)N2C(C(=O)OC(=O)c3ccc([N+](=O)[O-])cc3)=C(S[C@@H]3CN[C@H](CNS(N)(=O)=O)C3)[C@H](C)[C@H]12.O.O=C(O)CC(O)(CC(=O)O)C(=O)O. The van der Waals surface area contributed by atoms with Crippen molar-refractivity contribution in [1.29, 1.82) is 0 Å². The van der Waals surface area contributed by atoms with Crippen molar-refractivity contribution in [3.8, 4) is 0 Å². The van der Waals surface area contributed by atoms with Gasteiger partial charge in [0, 0.05) is 82.2 Å². The Morgan fingerprint density at radius 2 is 1.53 bits per heavy atom. The van der Waals surface area contributed by atoms with Gasteiger partial charge in [0.05, 0.1) is 53.4 Å². The van der Waals surface area contributed by atoms with Crippen LogP contribution in [-0.4, -0.2) is 162 Å². The minimum Gasteiger partial charge on any atom is -0.481 e. The Morgan fingerprint density at radius 3 is 2.03 bits per heavy atom. The van der Waals surface area contributed by atoms with Crippen LogP contribution < -0.4 is 20.5 Å². The van der Waals surface area contributed by atoms with E-state index < -0.39 is 87.4 Å². The number of ether oxygens (including phenoxy) is 1. The number of carboxylic acids is 3. The molecule has 11 atom stereocenters. The first-order chi connectivity index (χ1) is 32.2. The highest BCUT2D eigenvalue weighted by Gasteiger charge is 2.61. The second kappa shape index (κ2) is 23.5. The largest absolute Gasteiger partial charge is 0.481 e. The van der Waals surface area contributed by atoms with E-state index in [0.717, 1.165) is 37.2 Å². The number of esters is 2. The third-order valence-electron chi connectivity index (χ3n) is 12.7. The number of carbonyl (C=O) groups is 7. The summed E-state index contributed by atoms with van der Waals surface area (Å²) < 4.78 is 29.7. The summed E-state index contributed by atoms with van der Waals surface area (Å²) in [6.07, 6.45) is 1.64. The number of nitrogens with one attached hydrogen (secondary N) is 3. The quantitative estimate of drug-likeness (QED) is 0.0319. The molecule has 0 aliphatic carbocycles. The summed E-state index contributed by atoms with van der Waals surface area (Å²) in [6.45, 7) is 11.6. The lowest BCUT2D eigenvalue weighted by atomic mass is 9.79. The molecule has 28 heteroatoms. The van der Waals surface area contributed by atoms with Gasteiger partial charge < -0.3 is 56.2 Å². The van der Waals surface area contributed by atoms with Crippen LogP contribution in [0.1, 0.15) is 77.1 Å². The molecule has 7 rings (SSSR count). The Hall–Kier alpha value is -5.04. The van der Waals surface area contributed by atoms with Gasteiger partial charge in [-0.15, -0.1) is 23.5 Å². The molecule has 0 unspecified atom stereocenters. The molecule has 1 aromatic carbocycles. The predicted octanol–water partition coefficient (Wildman–Crippen LogP) is -0.271. The normalized spacial score (nSPS) is 28.0. The van der Waals surface area contributed by atoms with Crippen molar-refractivity contribution in [2.45, 2.75) is 113 Å². The Morgan fingerprint density at radius 1 is 0.943 bits per heavy atom. The molecule has 1 aromatic rings. The number of aliphatic hydroxyl groups excluding tert-OH is 1. The number of thioether (sulfide) groups is 2. The predicted molar refractivity (Wildman–Crippen MR) is 250 cm³/mol. The lowest BCUT2D eigenvalue weighted by Gasteiger charge is -2.46. The zero-order valence-electron chi connectivity index (χ0n) is 38.7. The number of amides is 2. The van der Waals surface area contributed by atoms with Crippen LogP contribution in [0.25, 0.3) is 0 Å². The van der Waals surface area contributed by atoms with Crippen molar-refractivity contribution in [2.24, 2.45) is 28.8 Å². The number of non-ortho nitro benzene ring substituents is 1. The molecule has 12 N–H and O–H groups in total. The number of nitrogens with zero attached hydrogens (tertiary/aromatic N) is 3. The highest BCUT2D eigenvalue weighted by molar-refractivity contribution is 8.04. The number of hydrogen-bond acceptors (Lipinski definition) is 18. The first-order valence-corrected chi connectivity index (χ1v) is 25.2. The number of benzene rings is 1. The molecular formula is C42H59N7O18S3. The van der Waals surface area contributed by atoms with Gasteiger partial charge in [0.2, 0.25) is 11.8 Å². The van der Waals surface area contributed by atoms with Gasteiger partial charge in [-0.1, -0.05) is 20.8 Å². The second-order valence-electron chi connectivity index (χ2n) is 17.8. The van der Waals surface area contributed by atoms with Gasteiger partial charge in [-0.3, -0.25) is 29.3 Å². The van der Waals surface area contributed by atoms with Crippen LogP contribution in [0.2, 0.25) is 0 Å². The van der Waals surface area contributed by atoms with Crippen LogP contribution in [0.3, 0.4) is 0 Å². The Balaban J connectivity index is 0.000000274.